The lowest BCUT2D eigenvalue weighted by Gasteiger charge is -2.06. The third-order valence-corrected chi connectivity index (χ3v) is 2.43. The zero-order valence-corrected chi connectivity index (χ0v) is 9.80. The van der Waals surface area contributed by atoms with E-state index in [2.05, 4.69) is 10.5 Å². The van der Waals surface area contributed by atoms with Crippen molar-refractivity contribution in [2.45, 2.75) is 13.5 Å². The number of hydrogen-bond donors (Lipinski definition) is 3. The first-order chi connectivity index (χ1) is 8.56. The van der Waals surface area contributed by atoms with Crippen molar-refractivity contribution in [2.75, 3.05) is 11.1 Å². The number of nitrogens with one attached hydrogen (secondary N) is 1. The molecule has 0 amide bonds. The number of aromatic carboxylic acids is 1. The minimum atomic E-state index is -1.04. The molecule has 94 valence electrons. The van der Waals surface area contributed by atoms with Gasteiger partial charge in [0.15, 0.2) is 5.76 Å². The summed E-state index contributed by atoms with van der Waals surface area (Å²) in [5, 5.41) is 15.7. The highest BCUT2D eigenvalue weighted by molar-refractivity contribution is 5.94. The molecule has 1 aromatic heterocycles. The van der Waals surface area contributed by atoms with Crippen LogP contribution in [-0.4, -0.2) is 16.2 Å². The van der Waals surface area contributed by atoms with Gasteiger partial charge >= 0.3 is 5.97 Å². The minimum Gasteiger partial charge on any atom is -0.478 e. The molecule has 0 aliphatic rings. The molecular formula is C12H13N3O3. The quantitative estimate of drug-likeness (QED) is 0.713. The van der Waals surface area contributed by atoms with Crippen molar-refractivity contribution in [2.24, 2.45) is 0 Å². The van der Waals surface area contributed by atoms with E-state index in [9.17, 15) is 4.79 Å². The Kier molecular flexibility index (Phi) is 3.18. The van der Waals surface area contributed by atoms with Gasteiger partial charge in [0.05, 0.1) is 17.8 Å². The topological polar surface area (TPSA) is 101 Å². The van der Waals surface area contributed by atoms with Crippen LogP contribution in [0.4, 0.5) is 11.4 Å². The van der Waals surface area contributed by atoms with E-state index in [4.69, 9.17) is 15.4 Å². The third-order valence-electron chi connectivity index (χ3n) is 2.43. The summed E-state index contributed by atoms with van der Waals surface area (Å²) in [4.78, 5) is 10.8. The number of carbonyl (C=O) groups is 1. The van der Waals surface area contributed by atoms with Gasteiger partial charge in [-0.3, -0.25) is 0 Å². The molecule has 4 N–H and O–H groups in total. The number of benzene rings is 1. The molecule has 2 rings (SSSR count). The zero-order valence-electron chi connectivity index (χ0n) is 9.80. The van der Waals surface area contributed by atoms with Crippen LogP contribution < -0.4 is 11.1 Å². The van der Waals surface area contributed by atoms with Crippen molar-refractivity contribution in [1.29, 1.82) is 0 Å². The fourth-order valence-electron chi connectivity index (χ4n) is 1.56. The predicted octanol–water partition coefficient (Wildman–Crippen LogP) is 1.88. The molecule has 0 radical (unpaired) electrons. The van der Waals surface area contributed by atoms with Crippen LogP contribution in [0.25, 0.3) is 0 Å². The molecule has 0 fully saturated rings. The molecule has 6 heteroatoms. The number of rotatable bonds is 4. The molecule has 0 saturated carbocycles. The molecule has 0 spiro atoms. The van der Waals surface area contributed by atoms with Crippen molar-refractivity contribution in [1.82, 2.24) is 5.16 Å². The number of aryl methyl sites for hydroxylation is 1. The van der Waals surface area contributed by atoms with Gasteiger partial charge in [0.25, 0.3) is 0 Å². The van der Waals surface area contributed by atoms with Crippen molar-refractivity contribution in [3.63, 3.8) is 0 Å². The summed E-state index contributed by atoms with van der Waals surface area (Å²) < 4.78 is 5.04. The van der Waals surface area contributed by atoms with Gasteiger partial charge < -0.3 is 20.7 Å². The summed E-state index contributed by atoms with van der Waals surface area (Å²) >= 11 is 0. The number of nitrogen functional groups attached to an aromatic ring is 1. The van der Waals surface area contributed by atoms with Gasteiger partial charge in [-0.05, 0) is 25.1 Å². The van der Waals surface area contributed by atoms with Crippen LogP contribution in [0.5, 0.6) is 0 Å². The number of carboxylic acid groups (broad SMARTS) is 1. The summed E-state index contributed by atoms with van der Waals surface area (Å²) in [6.07, 6.45) is 0. The fraction of sp³-hybridized carbons (Fsp3) is 0.167. The number of anilines is 2. The molecule has 0 aliphatic carbocycles. The molecule has 0 bridgehead atoms. The molecule has 0 unspecified atom stereocenters. The molecule has 1 aromatic carbocycles. The lowest BCUT2D eigenvalue weighted by Crippen LogP contribution is -2.04. The van der Waals surface area contributed by atoms with Gasteiger partial charge in [0, 0.05) is 17.4 Å². The van der Waals surface area contributed by atoms with Crippen molar-refractivity contribution >= 4 is 17.3 Å². The SMILES string of the molecule is Cc1cc(CNc2ccc(C(=O)O)c(N)c2)on1. The van der Waals surface area contributed by atoms with E-state index in [0.29, 0.717) is 12.3 Å². The highest BCUT2D eigenvalue weighted by atomic mass is 16.5. The van der Waals surface area contributed by atoms with Crippen LogP contribution in [0, 0.1) is 6.92 Å². The number of aromatic nitrogens is 1. The normalized spacial score (nSPS) is 10.3. The van der Waals surface area contributed by atoms with Gasteiger partial charge in [0.1, 0.15) is 0 Å². The Morgan fingerprint density at radius 2 is 2.28 bits per heavy atom. The first-order valence-electron chi connectivity index (χ1n) is 5.35. The molecule has 2 aromatic rings. The van der Waals surface area contributed by atoms with E-state index in [-0.39, 0.29) is 11.3 Å². The van der Waals surface area contributed by atoms with Crippen LogP contribution >= 0.6 is 0 Å². The molecule has 0 saturated heterocycles. The van der Waals surface area contributed by atoms with Crippen LogP contribution in [-0.2, 0) is 6.54 Å². The highest BCUT2D eigenvalue weighted by Gasteiger charge is 2.08. The maximum Gasteiger partial charge on any atom is 0.337 e. The number of hydrogen-bond acceptors (Lipinski definition) is 5. The average molecular weight is 247 g/mol. The Morgan fingerprint density at radius 1 is 1.50 bits per heavy atom. The van der Waals surface area contributed by atoms with E-state index in [1.54, 1.807) is 12.1 Å². The Labute approximate surface area is 103 Å². The maximum atomic E-state index is 10.8. The Bertz CT molecular complexity index is 578. The molecule has 1 heterocycles. The standard InChI is InChI=1S/C12H13N3O3/c1-7-4-9(18-15-7)6-14-8-2-3-10(12(16)17)11(13)5-8/h2-5,14H,6,13H2,1H3,(H,16,17). The van der Waals surface area contributed by atoms with Crippen LogP contribution in [0.3, 0.4) is 0 Å². The monoisotopic (exact) mass is 247 g/mol. The molecule has 18 heavy (non-hydrogen) atoms. The van der Waals surface area contributed by atoms with Gasteiger partial charge in [-0.1, -0.05) is 5.16 Å². The minimum absolute atomic E-state index is 0.0936. The summed E-state index contributed by atoms with van der Waals surface area (Å²) in [7, 11) is 0. The fourth-order valence-corrected chi connectivity index (χ4v) is 1.56. The lowest BCUT2D eigenvalue weighted by molar-refractivity contribution is 0.0698. The van der Waals surface area contributed by atoms with Crippen molar-refractivity contribution in [3.8, 4) is 0 Å². The Balaban J connectivity index is 2.06. The molecule has 0 atom stereocenters. The number of nitrogens with zero attached hydrogens (tertiary/aromatic N) is 1. The second-order valence-corrected chi connectivity index (χ2v) is 3.90. The van der Waals surface area contributed by atoms with Gasteiger partial charge in [-0.2, -0.15) is 0 Å². The van der Waals surface area contributed by atoms with E-state index < -0.39 is 5.97 Å². The lowest BCUT2D eigenvalue weighted by atomic mass is 10.1. The van der Waals surface area contributed by atoms with E-state index in [0.717, 1.165) is 11.4 Å². The molecule has 0 aliphatic heterocycles. The summed E-state index contributed by atoms with van der Waals surface area (Å²) in [6.45, 7) is 2.30. The second kappa shape index (κ2) is 4.79. The third kappa shape index (κ3) is 2.60. The van der Waals surface area contributed by atoms with E-state index in [1.165, 1.54) is 6.07 Å². The first kappa shape index (κ1) is 12.0. The van der Waals surface area contributed by atoms with Crippen LogP contribution in [0.1, 0.15) is 21.8 Å². The Hall–Kier alpha value is -2.50. The van der Waals surface area contributed by atoms with Crippen LogP contribution in [0.2, 0.25) is 0 Å². The van der Waals surface area contributed by atoms with Gasteiger partial charge in [0.2, 0.25) is 0 Å². The summed E-state index contributed by atoms with van der Waals surface area (Å²) in [5.74, 6) is -0.335. The highest BCUT2D eigenvalue weighted by Crippen LogP contribution is 2.18. The molecular weight excluding hydrogens is 234 g/mol. The number of carboxylic acids is 1. The number of nitrogens with two attached hydrogens (primary N) is 1. The maximum absolute atomic E-state index is 10.8. The van der Waals surface area contributed by atoms with Crippen molar-refractivity contribution in [3.05, 3.63) is 41.3 Å². The largest absolute Gasteiger partial charge is 0.478 e. The second-order valence-electron chi connectivity index (χ2n) is 3.90. The summed E-state index contributed by atoms with van der Waals surface area (Å²) in [6, 6.07) is 6.52. The smallest absolute Gasteiger partial charge is 0.337 e. The van der Waals surface area contributed by atoms with Gasteiger partial charge in [-0.25, -0.2) is 4.79 Å². The first-order valence-corrected chi connectivity index (χ1v) is 5.35. The molecule has 6 nitrogen and oxygen atoms in total. The predicted molar refractivity (Wildman–Crippen MR) is 66.4 cm³/mol. The van der Waals surface area contributed by atoms with E-state index in [1.807, 2.05) is 13.0 Å². The van der Waals surface area contributed by atoms with Gasteiger partial charge in [-0.15, -0.1) is 0 Å². The van der Waals surface area contributed by atoms with E-state index >= 15 is 0 Å². The summed E-state index contributed by atoms with van der Waals surface area (Å²) in [5.41, 5.74) is 7.50. The van der Waals surface area contributed by atoms with Crippen molar-refractivity contribution < 1.29 is 14.4 Å². The average Bonchev–Trinajstić information content (AvgIpc) is 2.72. The van der Waals surface area contributed by atoms with Crippen LogP contribution in [0.15, 0.2) is 28.8 Å². The zero-order chi connectivity index (χ0) is 13.1. The Morgan fingerprint density at radius 3 is 2.83 bits per heavy atom.